The maximum Gasteiger partial charge on any atom is 0.339 e. The zero-order valence-corrected chi connectivity index (χ0v) is 11.5. The number of ether oxygens (including phenoxy) is 1. The molecule has 94 valence electrons. The van der Waals surface area contributed by atoms with Gasteiger partial charge in [0.15, 0.2) is 0 Å². The van der Waals surface area contributed by atoms with Crippen molar-refractivity contribution in [3.63, 3.8) is 0 Å². The molecule has 0 aliphatic carbocycles. The highest BCUT2D eigenvalue weighted by Gasteiger charge is 2.23. The van der Waals surface area contributed by atoms with Gasteiger partial charge in [0.25, 0.3) is 0 Å². The van der Waals surface area contributed by atoms with Gasteiger partial charge in [0.05, 0.1) is 17.1 Å². The quantitative estimate of drug-likeness (QED) is 0.671. The fraction of sp³-hybridized carbons (Fsp3) is 0.300. The molecule has 0 amide bonds. The number of benzene rings is 1. The third-order valence-corrected chi connectivity index (χ3v) is 3.60. The summed E-state index contributed by atoms with van der Waals surface area (Å²) in [6.07, 6.45) is 0. The van der Waals surface area contributed by atoms with Crippen LogP contribution in [0.15, 0.2) is 23.1 Å². The van der Waals surface area contributed by atoms with Crippen molar-refractivity contribution in [3.05, 3.63) is 29.3 Å². The van der Waals surface area contributed by atoms with E-state index in [0.29, 0.717) is 10.9 Å². The number of hydrogen-bond acceptors (Lipinski definition) is 4. The summed E-state index contributed by atoms with van der Waals surface area (Å²) in [6.45, 7) is 1.81. The first-order chi connectivity index (χ1) is 7.91. The number of carbonyl (C=O) groups is 1. The van der Waals surface area contributed by atoms with Crippen molar-refractivity contribution in [1.82, 2.24) is 0 Å². The van der Waals surface area contributed by atoms with Crippen LogP contribution in [0.3, 0.4) is 0 Å². The lowest BCUT2D eigenvalue weighted by atomic mass is 10.1. The van der Waals surface area contributed by atoms with E-state index < -0.39 is 16.0 Å². The Morgan fingerprint density at radius 2 is 2.12 bits per heavy atom. The van der Waals surface area contributed by atoms with Gasteiger partial charge >= 0.3 is 5.97 Å². The molecule has 1 rings (SSSR count). The van der Waals surface area contributed by atoms with Crippen LogP contribution in [0.2, 0.25) is 0 Å². The predicted octanol–water partition coefficient (Wildman–Crippen LogP) is 1.41. The van der Waals surface area contributed by atoms with Gasteiger partial charge in [-0.25, -0.2) is 18.4 Å². The molecule has 1 aromatic carbocycles. The van der Waals surface area contributed by atoms with Crippen LogP contribution in [0.4, 0.5) is 0 Å². The fourth-order valence-electron chi connectivity index (χ4n) is 1.36. The van der Waals surface area contributed by atoms with Crippen molar-refractivity contribution in [3.8, 4) is 0 Å². The lowest BCUT2D eigenvalue weighted by molar-refractivity contribution is 0.0521. The number of hydrogen-bond donors (Lipinski definition) is 1. The van der Waals surface area contributed by atoms with Crippen LogP contribution in [0.5, 0.6) is 0 Å². The summed E-state index contributed by atoms with van der Waals surface area (Å²) in [4.78, 5) is 11.5. The second-order valence-electron chi connectivity index (χ2n) is 3.19. The second kappa shape index (κ2) is 5.61. The van der Waals surface area contributed by atoms with Crippen LogP contribution in [0.1, 0.15) is 22.8 Å². The van der Waals surface area contributed by atoms with E-state index in [1.54, 1.807) is 13.0 Å². The molecule has 0 spiro atoms. The molecular formula is C10H12BrNO4S. The summed E-state index contributed by atoms with van der Waals surface area (Å²) < 4.78 is 27.6. The van der Waals surface area contributed by atoms with E-state index in [9.17, 15) is 13.2 Å². The zero-order valence-electron chi connectivity index (χ0n) is 9.14. The standard InChI is InChI=1S/C10H12BrNO4S/c1-2-16-10(13)9-7(6-11)4-3-5-8(9)17(12,14)15/h3-5H,2,6H2,1H3,(H2,12,14,15). The van der Waals surface area contributed by atoms with Gasteiger partial charge in [-0.05, 0) is 18.6 Å². The second-order valence-corrected chi connectivity index (χ2v) is 5.28. The molecule has 0 aliphatic rings. The molecule has 0 fully saturated rings. The zero-order chi connectivity index (χ0) is 13.1. The molecule has 0 unspecified atom stereocenters. The Balaban J connectivity index is 3.46. The molecule has 2 N–H and O–H groups in total. The summed E-state index contributed by atoms with van der Waals surface area (Å²) in [6, 6.07) is 4.45. The van der Waals surface area contributed by atoms with Gasteiger partial charge in [-0.1, -0.05) is 28.1 Å². The number of primary sulfonamides is 1. The molecular weight excluding hydrogens is 310 g/mol. The largest absolute Gasteiger partial charge is 0.462 e. The summed E-state index contributed by atoms with van der Waals surface area (Å²) in [5.74, 6) is -0.688. The van der Waals surface area contributed by atoms with E-state index >= 15 is 0 Å². The van der Waals surface area contributed by atoms with Crippen LogP contribution >= 0.6 is 15.9 Å². The molecule has 0 radical (unpaired) electrons. The fourth-order valence-corrected chi connectivity index (χ4v) is 2.59. The van der Waals surface area contributed by atoms with E-state index in [2.05, 4.69) is 15.9 Å². The highest BCUT2D eigenvalue weighted by Crippen LogP contribution is 2.22. The van der Waals surface area contributed by atoms with Crippen molar-refractivity contribution in [2.24, 2.45) is 5.14 Å². The van der Waals surface area contributed by atoms with Gasteiger partial charge in [-0.3, -0.25) is 0 Å². The van der Waals surface area contributed by atoms with Crippen LogP contribution in [-0.2, 0) is 20.1 Å². The van der Waals surface area contributed by atoms with Crippen molar-refractivity contribution >= 4 is 31.9 Å². The normalized spacial score (nSPS) is 11.2. The molecule has 5 nitrogen and oxygen atoms in total. The molecule has 0 aliphatic heterocycles. The summed E-state index contributed by atoms with van der Waals surface area (Å²) in [7, 11) is -3.95. The minimum Gasteiger partial charge on any atom is -0.462 e. The Hall–Kier alpha value is -0.920. The van der Waals surface area contributed by atoms with E-state index in [-0.39, 0.29) is 17.1 Å². The SMILES string of the molecule is CCOC(=O)c1c(CBr)cccc1S(N)(=O)=O. The molecule has 0 saturated heterocycles. The van der Waals surface area contributed by atoms with E-state index in [1.807, 2.05) is 0 Å². The maximum absolute atomic E-state index is 11.7. The van der Waals surface area contributed by atoms with Crippen molar-refractivity contribution < 1.29 is 17.9 Å². The predicted molar refractivity (Wildman–Crippen MR) is 66.4 cm³/mol. The summed E-state index contributed by atoms with van der Waals surface area (Å²) in [5, 5.41) is 5.40. The van der Waals surface area contributed by atoms with E-state index in [0.717, 1.165) is 0 Å². The number of esters is 1. The average Bonchev–Trinajstić information content (AvgIpc) is 2.27. The minimum atomic E-state index is -3.95. The number of alkyl halides is 1. The molecule has 0 aromatic heterocycles. The number of halogens is 1. The minimum absolute atomic E-state index is 0.00581. The van der Waals surface area contributed by atoms with Crippen LogP contribution in [0.25, 0.3) is 0 Å². The van der Waals surface area contributed by atoms with Crippen LogP contribution in [-0.4, -0.2) is 21.0 Å². The highest BCUT2D eigenvalue weighted by atomic mass is 79.9. The number of sulfonamides is 1. The lowest BCUT2D eigenvalue weighted by Gasteiger charge is -2.10. The third-order valence-electron chi connectivity index (χ3n) is 2.04. The van der Waals surface area contributed by atoms with Gasteiger partial charge in [-0.2, -0.15) is 0 Å². The molecule has 0 bridgehead atoms. The Bertz CT molecular complexity index is 527. The topological polar surface area (TPSA) is 86.5 Å². The molecule has 7 heteroatoms. The smallest absolute Gasteiger partial charge is 0.339 e. The van der Waals surface area contributed by atoms with E-state index in [1.165, 1.54) is 12.1 Å². The van der Waals surface area contributed by atoms with Gasteiger partial charge < -0.3 is 4.74 Å². The van der Waals surface area contributed by atoms with Gasteiger partial charge in [0.2, 0.25) is 10.0 Å². The molecule has 17 heavy (non-hydrogen) atoms. The monoisotopic (exact) mass is 321 g/mol. The molecule has 0 heterocycles. The summed E-state index contributed by atoms with van der Waals surface area (Å²) in [5.41, 5.74) is 0.517. The number of carbonyl (C=O) groups excluding carboxylic acids is 1. The van der Waals surface area contributed by atoms with Gasteiger partial charge in [0.1, 0.15) is 0 Å². The number of rotatable bonds is 4. The third kappa shape index (κ3) is 3.27. The Labute approximate surface area is 108 Å². The maximum atomic E-state index is 11.7. The Morgan fingerprint density at radius 3 is 2.59 bits per heavy atom. The first kappa shape index (κ1) is 14.1. The van der Waals surface area contributed by atoms with Gasteiger partial charge in [-0.15, -0.1) is 0 Å². The van der Waals surface area contributed by atoms with E-state index in [4.69, 9.17) is 9.88 Å². The lowest BCUT2D eigenvalue weighted by Crippen LogP contribution is -2.19. The first-order valence-corrected chi connectivity index (χ1v) is 7.46. The summed E-state index contributed by atoms with van der Waals surface area (Å²) >= 11 is 3.19. The van der Waals surface area contributed by atoms with Crippen LogP contribution in [0, 0.1) is 0 Å². The first-order valence-electron chi connectivity index (χ1n) is 4.79. The van der Waals surface area contributed by atoms with Gasteiger partial charge in [0, 0.05) is 5.33 Å². The Morgan fingerprint density at radius 1 is 1.47 bits per heavy atom. The van der Waals surface area contributed by atoms with Crippen molar-refractivity contribution in [2.45, 2.75) is 17.1 Å². The molecule has 0 saturated carbocycles. The number of nitrogens with two attached hydrogens (primary N) is 1. The molecule has 1 aromatic rings. The van der Waals surface area contributed by atoms with Crippen molar-refractivity contribution in [2.75, 3.05) is 6.61 Å². The Kier molecular flexibility index (Phi) is 4.67. The average molecular weight is 322 g/mol. The highest BCUT2D eigenvalue weighted by molar-refractivity contribution is 9.08. The van der Waals surface area contributed by atoms with Crippen LogP contribution < -0.4 is 5.14 Å². The van der Waals surface area contributed by atoms with Crippen molar-refractivity contribution in [1.29, 1.82) is 0 Å². The molecule has 0 atom stereocenters.